The zero-order chi connectivity index (χ0) is 23.5. The van der Waals surface area contributed by atoms with Gasteiger partial charge in [-0.1, -0.05) is 18.2 Å². The van der Waals surface area contributed by atoms with Gasteiger partial charge in [0, 0.05) is 22.5 Å². The number of anilines is 2. The fourth-order valence-electron chi connectivity index (χ4n) is 3.50. The van der Waals surface area contributed by atoms with Crippen LogP contribution in [0.5, 0.6) is 5.75 Å². The van der Waals surface area contributed by atoms with Crippen molar-refractivity contribution in [1.82, 2.24) is 15.2 Å². The Morgan fingerprint density at radius 1 is 1.09 bits per heavy atom. The number of nitrogens with zero attached hydrogens (tertiary/aromatic N) is 3. The van der Waals surface area contributed by atoms with E-state index < -0.39 is 11.7 Å². The Morgan fingerprint density at radius 2 is 1.97 bits per heavy atom. The van der Waals surface area contributed by atoms with Gasteiger partial charge in [-0.25, -0.2) is 9.37 Å². The number of fused-ring (bicyclic) bond motifs is 1. The van der Waals surface area contributed by atoms with Crippen LogP contribution < -0.4 is 15.8 Å². The van der Waals surface area contributed by atoms with Crippen molar-refractivity contribution >= 4 is 50.2 Å². The van der Waals surface area contributed by atoms with Gasteiger partial charge in [0.1, 0.15) is 28.9 Å². The van der Waals surface area contributed by atoms with Crippen LogP contribution in [0.3, 0.4) is 0 Å². The molecular weight excluding hydrogens is 473 g/mol. The summed E-state index contributed by atoms with van der Waals surface area (Å²) in [7, 11) is 0. The third-order valence-corrected chi connectivity index (χ3v) is 6.70. The van der Waals surface area contributed by atoms with E-state index in [0.29, 0.717) is 29.4 Å². The molecule has 170 valence electrons. The van der Waals surface area contributed by atoms with Crippen LogP contribution >= 0.6 is 22.7 Å². The molecule has 7 nitrogen and oxygen atoms in total. The summed E-state index contributed by atoms with van der Waals surface area (Å²) < 4.78 is 21.6. The molecule has 3 heterocycles. The molecule has 0 aliphatic carbocycles. The highest BCUT2D eigenvalue weighted by atomic mass is 32.1. The second kappa shape index (κ2) is 9.54. The summed E-state index contributed by atoms with van der Waals surface area (Å²) in [6.45, 7) is 0.361. The minimum Gasteiger partial charge on any atom is -0.486 e. The van der Waals surface area contributed by atoms with E-state index in [1.54, 1.807) is 18.3 Å². The van der Waals surface area contributed by atoms with E-state index in [1.165, 1.54) is 28.7 Å². The van der Waals surface area contributed by atoms with Gasteiger partial charge in [0.25, 0.3) is 0 Å². The molecule has 0 saturated carbocycles. The van der Waals surface area contributed by atoms with Crippen molar-refractivity contribution in [2.24, 2.45) is 5.73 Å². The number of nitrogens with two attached hydrogens (primary N) is 1. The minimum absolute atomic E-state index is 0.0233. The number of benzene rings is 2. The first-order valence-electron chi connectivity index (χ1n) is 10.3. The maximum atomic E-state index is 14.6. The van der Waals surface area contributed by atoms with Crippen molar-refractivity contribution in [3.05, 3.63) is 81.9 Å². The molecule has 0 fully saturated rings. The first kappa shape index (κ1) is 21.9. The van der Waals surface area contributed by atoms with E-state index in [0.717, 1.165) is 20.7 Å². The van der Waals surface area contributed by atoms with Crippen LogP contribution in [0, 0.1) is 5.82 Å². The summed E-state index contributed by atoms with van der Waals surface area (Å²) in [5.74, 6) is 0.0904. The first-order valence-corrected chi connectivity index (χ1v) is 12.0. The lowest BCUT2D eigenvalue weighted by Gasteiger charge is -2.12. The van der Waals surface area contributed by atoms with E-state index in [2.05, 4.69) is 20.5 Å². The number of para-hydroxylation sites is 1. The predicted molar refractivity (Wildman–Crippen MR) is 132 cm³/mol. The van der Waals surface area contributed by atoms with Gasteiger partial charge in [0.2, 0.25) is 5.91 Å². The average Bonchev–Trinajstić information content (AvgIpc) is 3.52. The van der Waals surface area contributed by atoms with Gasteiger partial charge in [-0.15, -0.1) is 32.9 Å². The second-order valence-corrected chi connectivity index (χ2v) is 9.25. The zero-order valence-electron chi connectivity index (χ0n) is 17.7. The third kappa shape index (κ3) is 4.59. The summed E-state index contributed by atoms with van der Waals surface area (Å²) in [6.07, 6.45) is 1.72. The number of amides is 1. The summed E-state index contributed by atoms with van der Waals surface area (Å²) in [4.78, 5) is 15.4. The maximum absolute atomic E-state index is 14.6. The Morgan fingerprint density at radius 3 is 2.76 bits per heavy atom. The number of hydrogen-bond donors (Lipinski definition) is 2. The van der Waals surface area contributed by atoms with Crippen molar-refractivity contribution in [1.29, 1.82) is 0 Å². The molecule has 0 aliphatic heterocycles. The molecule has 3 N–H and O–H groups in total. The van der Waals surface area contributed by atoms with Crippen LogP contribution in [0.2, 0.25) is 0 Å². The molecule has 34 heavy (non-hydrogen) atoms. The monoisotopic (exact) mass is 491 g/mol. The number of halogens is 1. The average molecular weight is 492 g/mol. The molecule has 10 heteroatoms. The lowest BCUT2D eigenvalue weighted by atomic mass is 10.1. The van der Waals surface area contributed by atoms with E-state index in [9.17, 15) is 9.18 Å². The molecule has 0 atom stereocenters. The number of rotatable bonds is 8. The lowest BCUT2D eigenvalue weighted by molar-refractivity contribution is -0.117. The Kier molecular flexibility index (Phi) is 6.15. The van der Waals surface area contributed by atoms with Crippen molar-refractivity contribution < 1.29 is 13.9 Å². The maximum Gasteiger partial charge on any atom is 0.221 e. The fraction of sp³-hybridized carbons (Fsp3) is 0.0833. The summed E-state index contributed by atoms with van der Waals surface area (Å²) >= 11 is 3.05. The zero-order valence-corrected chi connectivity index (χ0v) is 19.3. The molecule has 3 aromatic heterocycles. The quantitative estimate of drug-likeness (QED) is 0.305. The molecule has 5 rings (SSSR count). The molecule has 0 aliphatic rings. The van der Waals surface area contributed by atoms with E-state index in [-0.39, 0.29) is 12.1 Å². The van der Waals surface area contributed by atoms with Crippen LogP contribution in [0.15, 0.2) is 65.5 Å². The number of ether oxygens (including phenoxy) is 1. The lowest BCUT2D eigenvalue weighted by Crippen LogP contribution is -2.13. The normalized spacial score (nSPS) is 11.0. The van der Waals surface area contributed by atoms with E-state index >= 15 is 0 Å². The third-order valence-electron chi connectivity index (χ3n) is 5.03. The number of primary amides is 1. The SMILES string of the molecule is NC(=O)Cc1ccc(Nc2nnc(-c3ccccc3OCc3nccs3)c3sccc23)c(F)c1. The topological polar surface area (TPSA) is 103 Å². The number of hydrogen-bond acceptors (Lipinski definition) is 8. The molecule has 0 spiro atoms. The minimum atomic E-state index is -0.516. The molecule has 0 bridgehead atoms. The Bertz CT molecular complexity index is 1470. The number of thiophene rings is 1. The fourth-order valence-corrected chi connectivity index (χ4v) is 4.92. The highest BCUT2D eigenvalue weighted by Gasteiger charge is 2.17. The number of aromatic nitrogens is 3. The van der Waals surface area contributed by atoms with E-state index in [4.69, 9.17) is 10.5 Å². The number of nitrogens with one attached hydrogen (secondary N) is 1. The Hall–Kier alpha value is -3.89. The van der Waals surface area contributed by atoms with Gasteiger partial charge in [-0.3, -0.25) is 4.79 Å². The van der Waals surface area contributed by atoms with Crippen molar-refractivity contribution in [2.75, 3.05) is 5.32 Å². The highest BCUT2D eigenvalue weighted by Crippen LogP contribution is 2.38. The van der Waals surface area contributed by atoms with Gasteiger partial charge in [-0.05, 0) is 41.3 Å². The number of carbonyl (C=O) groups is 1. The van der Waals surface area contributed by atoms with Crippen LogP contribution in [-0.4, -0.2) is 21.1 Å². The van der Waals surface area contributed by atoms with Crippen LogP contribution in [0.1, 0.15) is 10.6 Å². The second-order valence-electron chi connectivity index (χ2n) is 7.35. The Labute approximate surface area is 202 Å². The van der Waals surface area contributed by atoms with Crippen molar-refractivity contribution in [3.63, 3.8) is 0 Å². The number of carbonyl (C=O) groups excluding carboxylic acids is 1. The molecule has 0 saturated heterocycles. The predicted octanol–water partition coefficient (Wildman–Crippen LogP) is 5.30. The Balaban J connectivity index is 1.46. The van der Waals surface area contributed by atoms with Crippen LogP contribution in [-0.2, 0) is 17.8 Å². The standard InChI is InChI=1S/C24H18FN5O2S2/c25-17-11-14(12-20(26)31)5-6-18(17)28-24-16-7-9-34-23(16)22(29-30-24)15-3-1-2-4-19(15)32-13-21-27-8-10-33-21/h1-11H,12-13H2,(H2,26,31)(H,28,30). The molecule has 0 radical (unpaired) electrons. The molecule has 2 aromatic carbocycles. The summed E-state index contributed by atoms with van der Waals surface area (Å²) in [5, 5.41) is 17.4. The van der Waals surface area contributed by atoms with Crippen LogP contribution in [0.25, 0.3) is 21.3 Å². The van der Waals surface area contributed by atoms with Gasteiger partial charge in [0.05, 0.1) is 16.8 Å². The largest absolute Gasteiger partial charge is 0.486 e. The number of thiazole rings is 1. The summed E-state index contributed by atoms with van der Waals surface area (Å²) in [5.41, 5.74) is 7.43. The van der Waals surface area contributed by atoms with Gasteiger partial charge < -0.3 is 15.8 Å². The van der Waals surface area contributed by atoms with Gasteiger partial charge in [-0.2, -0.15) is 0 Å². The summed E-state index contributed by atoms with van der Waals surface area (Å²) in [6, 6.07) is 14.1. The van der Waals surface area contributed by atoms with Crippen molar-refractivity contribution in [3.8, 4) is 17.0 Å². The van der Waals surface area contributed by atoms with Crippen LogP contribution in [0.4, 0.5) is 15.9 Å². The van der Waals surface area contributed by atoms with E-state index in [1.807, 2.05) is 41.1 Å². The highest BCUT2D eigenvalue weighted by molar-refractivity contribution is 7.17. The molecule has 5 aromatic rings. The van der Waals surface area contributed by atoms with Gasteiger partial charge in [0.15, 0.2) is 5.82 Å². The molecule has 0 unspecified atom stereocenters. The first-order chi connectivity index (χ1) is 16.6. The smallest absolute Gasteiger partial charge is 0.221 e. The molecule has 1 amide bonds. The van der Waals surface area contributed by atoms with Crippen molar-refractivity contribution in [2.45, 2.75) is 13.0 Å². The molecular formula is C24H18FN5O2S2. The van der Waals surface area contributed by atoms with Gasteiger partial charge >= 0.3 is 0 Å².